The standard InChI is InChI=1S/C11H18N6O/c1-8-10(15-18-14-8)7-17-6-9(13-16-17)5-12-11(2,3)4/h6,12H,5,7H2,1-4H3. The van der Waals surface area contributed by atoms with Crippen molar-refractivity contribution >= 4 is 0 Å². The monoisotopic (exact) mass is 250 g/mol. The quantitative estimate of drug-likeness (QED) is 0.868. The summed E-state index contributed by atoms with van der Waals surface area (Å²) in [6, 6.07) is 0. The highest BCUT2D eigenvalue weighted by Gasteiger charge is 2.11. The molecular weight excluding hydrogens is 232 g/mol. The van der Waals surface area contributed by atoms with Crippen molar-refractivity contribution < 1.29 is 4.63 Å². The second-order valence-corrected chi connectivity index (χ2v) is 5.31. The van der Waals surface area contributed by atoms with E-state index in [2.05, 4.69) is 51.3 Å². The van der Waals surface area contributed by atoms with Crippen LogP contribution < -0.4 is 5.32 Å². The number of hydrogen-bond donors (Lipinski definition) is 1. The summed E-state index contributed by atoms with van der Waals surface area (Å²) in [6.07, 6.45) is 1.90. The van der Waals surface area contributed by atoms with Crippen molar-refractivity contribution in [3.8, 4) is 0 Å². The van der Waals surface area contributed by atoms with E-state index in [-0.39, 0.29) is 5.54 Å². The van der Waals surface area contributed by atoms with Crippen molar-refractivity contribution in [1.29, 1.82) is 0 Å². The van der Waals surface area contributed by atoms with E-state index in [1.54, 1.807) is 4.68 Å². The molecule has 7 nitrogen and oxygen atoms in total. The SMILES string of the molecule is Cc1nonc1Cn1cc(CNC(C)(C)C)nn1. The average Bonchev–Trinajstić information content (AvgIpc) is 2.86. The molecule has 18 heavy (non-hydrogen) atoms. The second-order valence-electron chi connectivity index (χ2n) is 5.31. The van der Waals surface area contributed by atoms with E-state index >= 15 is 0 Å². The van der Waals surface area contributed by atoms with Gasteiger partial charge in [0.1, 0.15) is 11.4 Å². The fourth-order valence-electron chi connectivity index (χ4n) is 1.40. The first-order chi connectivity index (χ1) is 8.44. The van der Waals surface area contributed by atoms with E-state index in [0.29, 0.717) is 13.1 Å². The third-order valence-electron chi connectivity index (χ3n) is 2.44. The van der Waals surface area contributed by atoms with Gasteiger partial charge < -0.3 is 5.32 Å². The molecule has 2 aromatic rings. The van der Waals surface area contributed by atoms with Gasteiger partial charge in [-0.05, 0) is 27.7 Å². The van der Waals surface area contributed by atoms with Crippen molar-refractivity contribution in [2.24, 2.45) is 0 Å². The van der Waals surface area contributed by atoms with E-state index in [0.717, 1.165) is 17.1 Å². The third-order valence-corrected chi connectivity index (χ3v) is 2.44. The zero-order chi connectivity index (χ0) is 13.2. The van der Waals surface area contributed by atoms with Gasteiger partial charge in [-0.2, -0.15) is 0 Å². The van der Waals surface area contributed by atoms with E-state index < -0.39 is 0 Å². The van der Waals surface area contributed by atoms with Crippen molar-refractivity contribution in [2.45, 2.75) is 46.3 Å². The van der Waals surface area contributed by atoms with Gasteiger partial charge in [0.2, 0.25) is 0 Å². The third kappa shape index (κ3) is 3.36. The molecule has 2 rings (SSSR count). The van der Waals surface area contributed by atoms with Crippen molar-refractivity contribution in [2.75, 3.05) is 0 Å². The molecule has 0 aliphatic carbocycles. The lowest BCUT2D eigenvalue weighted by Crippen LogP contribution is -2.35. The summed E-state index contributed by atoms with van der Waals surface area (Å²) in [5.41, 5.74) is 2.52. The summed E-state index contributed by atoms with van der Waals surface area (Å²) in [7, 11) is 0. The Hall–Kier alpha value is -1.76. The number of hydrogen-bond acceptors (Lipinski definition) is 6. The fourth-order valence-corrected chi connectivity index (χ4v) is 1.40. The molecule has 7 heteroatoms. The first-order valence-electron chi connectivity index (χ1n) is 5.86. The lowest BCUT2D eigenvalue weighted by Gasteiger charge is -2.19. The van der Waals surface area contributed by atoms with E-state index in [9.17, 15) is 0 Å². The molecule has 0 amide bonds. The van der Waals surface area contributed by atoms with Gasteiger partial charge in [-0.15, -0.1) is 5.10 Å². The van der Waals surface area contributed by atoms with E-state index in [4.69, 9.17) is 0 Å². The normalized spacial score (nSPS) is 12.0. The average molecular weight is 250 g/mol. The first-order valence-corrected chi connectivity index (χ1v) is 5.86. The fraction of sp³-hybridized carbons (Fsp3) is 0.636. The Bertz CT molecular complexity index is 510. The second kappa shape index (κ2) is 4.85. The van der Waals surface area contributed by atoms with Crippen LogP contribution in [0.4, 0.5) is 0 Å². The van der Waals surface area contributed by atoms with E-state index in [1.807, 2.05) is 13.1 Å². The number of rotatable bonds is 4. The van der Waals surface area contributed by atoms with E-state index in [1.165, 1.54) is 0 Å². The summed E-state index contributed by atoms with van der Waals surface area (Å²) in [5.74, 6) is 0. The number of nitrogens with zero attached hydrogens (tertiary/aromatic N) is 5. The number of aryl methyl sites for hydroxylation is 1. The van der Waals surface area contributed by atoms with Crippen LogP contribution in [0.3, 0.4) is 0 Å². The molecule has 2 aromatic heterocycles. The van der Waals surface area contributed by atoms with Crippen LogP contribution in [0.15, 0.2) is 10.8 Å². The highest BCUT2D eigenvalue weighted by molar-refractivity contribution is 5.05. The smallest absolute Gasteiger partial charge is 0.129 e. The Morgan fingerprint density at radius 2 is 2.11 bits per heavy atom. The van der Waals surface area contributed by atoms with Crippen molar-refractivity contribution in [3.63, 3.8) is 0 Å². The van der Waals surface area contributed by atoms with Gasteiger partial charge >= 0.3 is 0 Å². The van der Waals surface area contributed by atoms with Crippen LogP contribution >= 0.6 is 0 Å². The predicted molar refractivity (Wildman–Crippen MR) is 64.8 cm³/mol. The van der Waals surface area contributed by atoms with Crippen molar-refractivity contribution in [1.82, 2.24) is 30.6 Å². The molecule has 0 bridgehead atoms. The minimum atomic E-state index is 0.0659. The van der Waals surface area contributed by atoms with Gasteiger partial charge in [-0.25, -0.2) is 9.31 Å². The Morgan fingerprint density at radius 3 is 2.72 bits per heavy atom. The molecule has 2 heterocycles. The molecule has 0 aromatic carbocycles. The molecule has 0 atom stereocenters. The largest absolute Gasteiger partial charge is 0.306 e. The van der Waals surface area contributed by atoms with Crippen LogP contribution in [0.1, 0.15) is 37.9 Å². The molecule has 0 aliphatic heterocycles. The molecule has 98 valence electrons. The highest BCUT2D eigenvalue weighted by atomic mass is 16.6. The Morgan fingerprint density at radius 1 is 1.33 bits per heavy atom. The van der Waals surface area contributed by atoms with Crippen LogP contribution in [-0.2, 0) is 13.1 Å². The summed E-state index contributed by atoms with van der Waals surface area (Å²) < 4.78 is 6.37. The Labute approximate surface area is 106 Å². The molecule has 0 spiro atoms. The minimum Gasteiger partial charge on any atom is -0.306 e. The molecular formula is C11H18N6O. The minimum absolute atomic E-state index is 0.0659. The van der Waals surface area contributed by atoms with Gasteiger partial charge in [0.05, 0.1) is 18.4 Å². The summed E-state index contributed by atoms with van der Waals surface area (Å²) in [5, 5.41) is 19.1. The maximum absolute atomic E-state index is 4.64. The first kappa shape index (κ1) is 12.7. The predicted octanol–water partition coefficient (Wildman–Crippen LogP) is 0.906. The maximum Gasteiger partial charge on any atom is 0.129 e. The molecule has 0 unspecified atom stereocenters. The molecule has 0 aliphatic rings. The maximum atomic E-state index is 4.64. The van der Waals surface area contributed by atoms with Crippen LogP contribution in [-0.4, -0.2) is 30.8 Å². The Kier molecular flexibility index (Phi) is 3.42. The van der Waals surface area contributed by atoms with Crippen LogP contribution in [0.5, 0.6) is 0 Å². The number of nitrogens with one attached hydrogen (secondary N) is 1. The van der Waals surface area contributed by atoms with Gasteiger partial charge in [0, 0.05) is 12.1 Å². The van der Waals surface area contributed by atoms with Crippen LogP contribution in [0, 0.1) is 6.92 Å². The molecule has 0 saturated heterocycles. The highest BCUT2D eigenvalue weighted by Crippen LogP contribution is 2.05. The van der Waals surface area contributed by atoms with Crippen LogP contribution in [0.25, 0.3) is 0 Å². The number of aromatic nitrogens is 5. The lowest BCUT2D eigenvalue weighted by atomic mass is 10.1. The zero-order valence-electron chi connectivity index (χ0n) is 11.1. The van der Waals surface area contributed by atoms with Gasteiger partial charge in [0.25, 0.3) is 0 Å². The lowest BCUT2D eigenvalue weighted by molar-refractivity contribution is 0.300. The summed E-state index contributed by atoms with van der Waals surface area (Å²) in [4.78, 5) is 0. The van der Waals surface area contributed by atoms with Gasteiger partial charge in [-0.1, -0.05) is 15.5 Å². The van der Waals surface area contributed by atoms with Crippen molar-refractivity contribution in [3.05, 3.63) is 23.3 Å². The molecule has 0 fully saturated rings. The van der Waals surface area contributed by atoms with Gasteiger partial charge in [-0.3, -0.25) is 0 Å². The molecule has 0 radical (unpaired) electrons. The van der Waals surface area contributed by atoms with Crippen LogP contribution in [0.2, 0.25) is 0 Å². The van der Waals surface area contributed by atoms with Gasteiger partial charge in [0.15, 0.2) is 0 Å². The molecule has 1 N–H and O–H groups in total. The Balaban J connectivity index is 1.96. The summed E-state index contributed by atoms with van der Waals surface area (Å²) in [6.45, 7) is 9.41. The summed E-state index contributed by atoms with van der Waals surface area (Å²) >= 11 is 0. The molecule has 0 saturated carbocycles. The zero-order valence-corrected chi connectivity index (χ0v) is 11.1. The topological polar surface area (TPSA) is 81.7 Å².